The van der Waals surface area contributed by atoms with Crippen molar-refractivity contribution in [2.45, 2.75) is 27.7 Å². The van der Waals surface area contributed by atoms with Gasteiger partial charge < -0.3 is 14.8 Å². The van der Waals surface area contributed by atoms with Crippen LogP contribution in [0.3, 0.4) is 0 Å². The average Bonchev–Trinajstić information content (AvgIpc) is 3.12. The number of nitrogens with one attached hydrogen (secondary N) is 1. The topological polar surface area (TPSA) is 111 Å². The van der Waals surface area contributed by atoms with Crippen LogP contribution in [-0.2, 0) is 9.59 Å². The van der Waals surface area contributed by atoms with Crippen molar-refractivity contribution in [1.29, 1.82) is 0 Å². The predicted molar refractivity (Wildman–Crippen MR) is 147 cm³/mol. The first kappa shape index (κ1) is 28.1. The van der Waals surface area contributed by atoms with Gasteiger partial charge in [-0.25, -0.2) is 4.98 Å². The summed E-state index contributed by atoms with van der Waals surface area (Å²) in [6.07, 6.45) is 2.39. The van der Waals surface area contributed by atoms with Gasteiger partial charge in [-0.15, -0.1) is 0 Å². The van der Waals surface area contributed by atoms with Crippen molar-refractivity contribution in [3.05, 3.63) is 74.8 Å². The number of ether oxygens (including phenoxy) is 2. The minimum absolute atomic E-state index is 0.139. The maximum Gasteiger partial charge on any atom is 0.294 e. The molecule has 1 N–H and O–H groups in total. The molecule has 3 amide bonds. The van der Waals surface area contributed by atoms with Crippen molar-refractivity contribution in [2.24, 2.45) is 0 Å². The molecular formula is C27H24ClFN4O5S. The van der Waals surface area contributed by atoms with E-state index in [1.54, 1.807) is 19.1 Å². The van der Waals surface area contributed by atoms with E-state index in [0.717, 1.165) is 39.5 Å². The van der Waals surface area contributed by atoms with Crippen molar-refractivity contribution in [3.63, 3.8) is 0 Å². The Labute approximate surface area is 233 Å². The monoisotopic (exact) mass is 570 g/mol. The molecule has 4 rings (SSSR count). The first-order valence-corrected chi connectivity index (χ1v) is 13.0. The highest BCUT2D eigenvalue weighted by Gasteiger charge is 2.36. The van der Waals surface area contributed by atoms with E-state index in [2.05, 4.69) is 15.3 Å². The second kappa shape index (κ2) is 11.8. The zero-order chi connectivity index (χ0) is 28.3. The molecule has 1 aromatic heterocycles. The molecule has 3 aromatic rings. The van der Waals surface area contributed by atoms with E-state index in [1.165, 1.54) is 12.1 Å². The third-order valence-corrected chi connectivity index (χ3v) is 6.66. The largest absolute Gasteiger partial charge is 0.490 e. The van der Waals surface area contributed by atoms with Crippen LogP contribution < -0.4 is 14.8 Å². The van der Waals surface area contributed by atoms with Crippen LogP contribution in [0.5, 0.6) is 17.4 Å². The number of halogens is 2. The van der Waals surface area contributed by atoms with Gasteiger partial charge in [-0.05, 0) is 86.0 Å². The Morgan fingerprint density at radius 2 is 1.87 bits per heavy atom. The first-order chi connectivity index (χ1) is 18.5. The summed E-state index contributed by atoms with van der Waals surface area (Å²) < 4.78 is 25.2. The third kappa shape index (κ3) is 6.55. The summed E-state index contributed by atoms with van der Waals surface area (Å²) in [5, 5.41) is 2.06. The van der Waals surface area contributed by atoms with Gasteiger partial charge in [0.05, 0.1) is 17.7 Å². The zero-order valence-electron chi connectivity index (χ0n) is 21.5. The number of aromatic nitrogens is 2. The molecule has 1 aliphatic rings. The Morgan fingerprint density at radius 1 is 1.15 bits per heavy atom. The van der Waals surface area contributed by atoms with E-state index < -0.39 is 29.4 Å². The number of rotatable bonds is 8. The normalized spacial score (nSPS) is 14.2. The number of hydrogen-bond acceptors (Lipinski definition) is 8. The molecule has 0 radical (unpaired) electrons. The number of nitrogens with zero attached hydrogens (tertiary/aromatic N) is 3. The summed E-state index contributed by atoms with van der Waals surface area (Å²) in [5.74, 6) is -1.84. The highest BCUT2D eigenvalue weighted by atomic mass is 35.5. The Morgan fingerprint density at radius 3 is 2.56 bits per heavy atom. The summed E-state index contributed by atoms with van der Waals surface area (Å²) in [5.41, 5.74) is 4.02. The maximum atomic E-state index is 14.0. The number of thioether (sulfide) groups is 1. The molecule has 2 heterocycles. The van der Waals surface area contributed by atoms with Crippen LogP contribution in [0.15, 0.2) is 41.4 Å². The minimum atomic E-state index is -0.809. The van der Waals surface area contributed by atoms with E-state index >= 15 is 0 Å². The van der Waals surface area contributed by atoms with Gasteiger partial charge in [0.2, 0.25) is 17.0 Å². The zero-order valence-corrected chi connectivity index (χ0v) is 23.1. The summed E-state index contributed by atoms with van der Waals surface area (Å²) >= 11 is 6.46. The number of anilines is 1. The SMILES string of the molecule is CCOc1cc(/C=C2/SC(=O)N(CC(=O)Nc3c(C)cc(C)cc3C)C2=O)ccc1Oc1nc(Cl)ncc1F. The van der Waals surface area contributed by atoms with E-state index in [1.807, 2.05) is 32.9 Å². The van der Waals surface area contributed by atoms with E-state index in [-0.39, 0.29) is 34.2 Å². The number of carbonyl (C=O) groups excluding carboxylic acids is 3. The number of imide groups is 1. The first-order valence-electron chi connectivity index (χ1n) is 11.8. The van der Waals surface area contributed by atoms with Gasteiger partial charge in [0.15, 0.2) is 11.5 Å². The second-order valence-corrected chi connectivity index (χ2v) is 9.95. The summed E-state index contributed by atoms with van der Waals surface area (Å²) in [6, 6.07) is 8.57. The second-order valence-electron chi connectivity index (χ2n) is 8.62. The Hall–Kier alpha value is -3.96. The molecule has 0 spiro atoms. The lowest BCUT2D eigenvalue weighted by molar-refractivity contribution is -0.127. The summed E-state index contributed by atoms with van der Waals surface area (Å²) in [7, 11) is 0. The number of amides is 3. The standard InChI is InChI=1S/C27H24ClFN4O5S/c1-5-37-20-10-17(6-7-19(20)38-24-18(29)12-30-26(28)32-24)11-21-25(35)33(27(36)39-21)13-22(34)31-23-15(3)8-14(2)9-16(23)4/h6-12H,5,13H2,1-4H3,(H,31,34)/b21-11+. The molecule has 0 unspecified atom stereocenters. The van der Waals surface area contributed by atoms with E-state index in [0.29, 0.717) is 11.3 Å². The van der Waals surface area contributed by atoms with Crippen molar-refractivity contribution in [3.8, 4) is 17.4 Å². The lowest BCUT2D eigenvalue weighted by Gasteiger charge is -2.16. The molecule has 0 bridgehead atoms. The molecule has 202 valence electrons. The molecule has 0 saturated carbocycles. The lowest BCUT2D eigenvalue weighted by Crippen LogP contribution is -2.36. The van der Waals surface area contributed by atoms with Crippen LogP contribution in [0.2, 0.25) is 5.28 Å². The average molecular weight is 571 g/mol. The number of aryl methyl sites for hydroxylation is 3. The smallest absolute Gasteiger partial charge is 0.294 e. The Bertz CT molecular complexity index is 1490. The molecule has 0 atom stereocenters. The molecule has 1 aliphatic heterocycles. The summed E-state index contributed by atoms with van der Waals surface area (Å²) in [6.45, 7) is 7.34. The molecule has 12 heteroatoms. The van der Waals surface area contributed by atoms with Crippen molar-refractivity contribution in [1.82, 2.24) is 14.9 Å². The molecule has 9 nitrogen and oxygen atoms in total. The van der Waals surface area contributed by atoms with Crippen molar-refractivity contribution < 1.29 is 28.2 Å². The highest BCUT2D eigenvalue weighted by molar-refractivity contribution is 8.18. The van der Waals surface area contributed by atoms with Gasteiger partial charge >= 0.3 is 0 Å². The molecule has 39 heavy (non-hydrogen) atoms. The Balaban J connectivity index is 1.51. The molecular weight excluding hydrogens is 547 g/mol. The maximum absolute atomic E-state index is 14.0. The van der Waals surface area contributed by atoms with Gasteiger partial charge in [0.1, 0.15) is 6.54 Å². The van der Waals surface area contributed by atoms with E-state index in [4.69, 9.17) is 21.1 Å². The summed E-state index contributed by atoms with van der Waals surface area (Å²) in [4.78, 5) is 46.6. The van der Waals surface area contributed by atoms with Crippen LogP contribution in [0.4, 0.5) is 14.9 Å². The lowest BCUT2D eigenvalue weighted by atomic mass is 10.1. The molecule has 0 aliphatic carbocycles. The minimum Gasteiger partial charge on any atom is -0.490 e. The quantitative estimate of drug-likeness (QED) is 0.257. The fourth-order valence-electron chi connectivity index (χ4n) is 3.96. The molecule has 1 saturated heterocycles. The van der Waals surface area contributed by atoms with Gasteiger partial charge in [-0.3, -0.25) is 19.3 Å². The number of benzene rings is 2. The van der Waals surface area contributed by atoms with Crippen molar-refractivity contribution in [2.75, 3.05) is 18.5 Å². The van der Waals surface area contributed by atoms with E-state index in [9.17, 15) is 18.8 Å². The van der Waals surface area contributed by atoms with Crippen molar-refractivity contribution >= 4 is 52.2 Å². The van der Waals surface area contributed by atoms with Crippen LogP contribution in [0.1, 0.15) is 29.2 Å². The van der Waals surface area contributed by atoms with Crippen LogP contribution >= 0.6 is 23.4 Å². The molecule has 1 fully saturated rings. The number of hydrogen-bond donors (Lipinski definition) is 1. The number of carbonyl (C=O) groups is 3. The third-order valence-electron chi connectivity index (χ3n) is 5.57. The van der Waals surface area contributed by atoms with Gasteiger partial charge in [-0.1, -0.05) is 23.8 Å². The fourth-order valence-corrected chi connectivity index (χ4v) is 4.93. The van der Waals surface area contributed by atoms with Gasteiger partial charge in [0.25, 0.3) is 17.0 Å². The van der Waals surface area contributed by atoms with Crippen LogP contribution in [0, 0.1) is 26.6 Å². The van der Waals surface area contributed by atoms with Crippen LogP contribution in [0.25, 0.3) is 6.08 Å². The van der Waals surface area contributed by atoms with Crippen LogP contribution in [-0.4, -0.2) is 45.1 Å². The fraction of sp³-hybridized carbons (Fsp3) is 0.222. The molecule has 2 aromatic carbocycles. The van der Waals surface area contributed by atoms with Gasteiger partial charge in [0, 0.05) is 5.69 Å². The highest BCUT2D eigenvalue weighted by Crippen LogP contribution is 2.36. The Kier molecular flexibility index (Phi) is 8.51. The van der Waals surface area contributed by atoms with Gasteiger partial charge in [-0.2, -0.15) is 9.37 Å². The predicted octanol–water partition coefficient (Wildman–Crippen LogP) is 6.06.